The van der Waals surface area contributed by atoms with Crippen LogP contribution in [0.5, 0.6) is 0 Å². The van der Waals surface area contributed by atoms with Crippen LogP contribution >= 0.6 is 8.03 Å². The third-order valence-corrected chi connectivity index (χ3v) is 2.84. The second kappa shape index (κ2) is 3.21. The molecule has 0 spiro atoms. The van der Waals surface area contributed by atoms with E-state index in [1.807, 2.05) is 19.9 Å². The molecule has 2 nitrogen and oxygen atoms in total. The van der Waals surface area contributed by atoms with Crippen LogP contribution in [0.15, 0.2) is 18.2 Å². The quantitative estimate of drug-likeness (QED) is 0.647. The summed E-state index contributed by atoms with van der Waals surface area (Å²) in [5.74, 6) is 0. The van der Waals surface area contributed by atoms with Crippen LogP contribution in [0.3, 0.4) is 0 Å². The Labute approximate surface area is 66.7 Å². The molecule has 0 radical (unpaired) electrons. The normalized spacial score (nSPS) is 13.0. The molecule has 1 rings (SSSR count). The SMILES string of the molecule is Cc1cccc([PH](=O)O)c1C. The largest absolute Gasteiger partial charge is 0.343 e. The summed E-state index contributed by atoms with van der Waals surface area (Å²) in [7, 11) is -2.51. The van der Waals surface area contributed by atoms with Crippen molar-refractivity contribution >= 4 is 13.3 Å². The molecule has 0 saturated carbocycles. The summed E-state index contributed by atoms with van der Waals surface area (Å²) in [6.07, 6.45) is 0. The molecule has 1 N–H and O–H groups in total. The standard InChI is InChI=1S/C8H11O2P/c1-6-4-3-5-8(7(6)2)11(9)10/h3-5,11H,1-2H3,(H,9,10). The summed E-state index contributed by atoms with van der Waals surface area (Å²) in [6, 6.07) is 5.43. The highest BCUT2D eigenvalue weighted by Gasteiger charge is 2.03. The van der Waals surface area contributed by atoms with Crippen molar-refractivity contribution in [1.29, 1.82) is 0 Å². The minimum Gasteiger partial charge on any atom is -0.343 e. The van der Waals surface area contributed by atoms with Crippen LogP contribution in [0, 0.1) is 13.8 Å². The lowest BCUT2D eigenvalue weighted by Gasteiger charge is -2.03. The Morgan fingerprint density at radius 1 is 1.36 bits per heavy atom. The van der Waals surface area contributed by atoms with E-state index in [4.69, 9.17) is 4.89 Å². The fourth-order valence-corrected chi connectivity index (χ4v) is 1.74. The van der Waals surface area contributed by atoms with Crippen molar-refractivity contribution in [1.82, 2.24) is 0 Å². The van der Waals surface area contributed by atoms with Crippen LogP contribution in [-0.2, 0) is 4.57 Å². The van der Waals surface area contributed by atoms with E-state index >= 15 is 0 Å². The molecule has 60 valence electrons. The molecule has 0 aliphatic rings. The Balaban J connectivity index is 3.27. The summed E-state index contributed by atoms with van der Waals surface area (Å²) >= 11 is 0. The highest BCUT2D eigenvalue weighted by Crippen LogP contribution is 2.17. The monoisotopic (exact) mass is 170 g/mol. The van der Waals surface area contributed by atoms with Gasteiger partial charge in [0.2, 0.25) is 8.03 Å². The molecule has 11 heavy (non-hydrogen) atoms. The molecule has 1 unspecified atom stereocenters. The molecule has 3 heteroatoms. The summed E-state index contributed by atoms with van der Waals surface area (Å²) < 4.78 is 10.8. The molecule has 0 amide bonds. The predicted octanol–water partition coefficient (Wildman–Crippen LogP) is 1.40. The Morgan fingerprint density at radius 3 is 2.45 bits per heavy atom. The van der Waals surface area contributed by atoms with Crippen LogP contribution in [0.25, 0.3) is 0 Å². The van der Waals surface area contributed by atoms with Gasteiger partial charge in [-0.15, -0.1) is 0 Å². The van der Waals surface area contributed by atoms with Gasteiger partial charge in [0.05, 0.1) is 0 Å². The molecule has 1 aromatic rings. The van der Waals surface area contributed by atoms with Gasteiger partial charge in [0.1, 0.15) is 0 Å². The fourth-order valence-electron chi connectivity index (χ4n) is 0.983. The first kappa shape index (κ1) is 8.51. The van der Waals surface area contributed by atoms with E-state index in [0.717, 1.165) is 11.1 Å². The average Bonchev–Trinajstić information content (AvgIpc) is 1.94. The number of aryl methyl sites for hydroxylation is 1. The van der Waals surface area contributed by atoms with Crippen molar-refractivity contribution in [3.8, 4) is 0 Å². The van der Waals surface area contributed by atoms with Gasteiger partial charge >= 0.3 is 0 Å². The molecule has 1 aromatic carbocycles. The Kier molecular flexibility index (Phi) is 2.48. The van der Waals surface area contributed by atoms with Crippen molar-refractivity contribution in [2.75, 3.05) is 0 Å². The Morgan fingerprint density at radius 2 is 2.00 bits per heavy atom. The van der Waals surface area contributed by atoms with E-state index < -0.39 is 8.03 Å². The molecule has 0 aliphatic heterocycles. The van der Waals surface area contributed by atoms with Crippen molar-refractivity contribution in [3.05, 3.63) is 29.3 Å². The van der Waals surface area contributed by atoms with Crippen molar-refractivity contribution in [2.24, 2.45) is 0 Å². The van der Waals surface area contributed by atoms with Gasteiger partial charge in [0.25, 0.3) is 0 Å². The molecule has 0 bridgehead atoms. The van der Waals surface area contributed by atoms with E-state index in [-0.39, 0.29) is 0 Å². The van der Waals surface area contributed by atoms with E-state index in [1.54, 1.807) is 12.1 Å². The molecule has 0 heterocycles. The van der Waals surface area contributed by atoms with E-state index in [9.17, 15) is 4.57 Å². The second-order valence-corrected chi connectivity index (χ2v) is 3.70. The maximum Gasteiger partial charge on any atom is 0.218 e. The molecule has 0 aromatic heterocycles. The second-order valence-electron chi connectivity index (χ2n) is 2.55. The number of benzene rings is 1. The first-order chi connectivity index (χ1) is 5.13. The van der Waals surface area contributed by atoms with Crippen LogP contribution in [-0.4, -0.2) is 4.89 Å². The first-order valence-electron chi connectivity index (χ1n) is 3.42. The van der Waals surface area contributed by atoms with Gasteiger partial charge in [-0.3, -0.25) is 4.57 Å². The van der Waals surface area contributed by atoms with Gasteiger partial charge in [-0.1, -0.05) is 12.1 Å². The lowest BCUT2D eigenvalue weighted by molar-refractivity contribution is 0.513. The fraction of sp³-hybridized carbons (Fsp3) is 0.250. The summed E-state index contributed by atoms with van der Waals surface area (Å²) in [5.41, 5.74) is 1.99. The molecular weight excluding hydrogens is 159 g/mol. The highest BCUT2D eigenvalue weighted by molar-refractivity contribution is 7.47. The van der Waals surface area contributed by atoms with Crippen molar-refractivity contribution in [3.63, 3.8) is 0 Å². The summed E-state index contributed by atoms with van der Waals surface area (Å²) in [5, 5.41) is 0.579. The zero-order valence-corrected chi connectivity index (χ0v) is 7.59. The van der Waals surface area contributed by atoms with Crippen LogP contribution in [0.1, 0.15) is 11.1 Å². The van der Waals surface area contributed by atoms with Gasteiger partial charge in [0.15, 0.2) is 0 Å². The number of hydrogen-bond acceptors (Lipinski definition) is 1. The van der Waals surface area contributed by atoms with Gasteiger partial charge in [-0.2, -0.15) is 0 Å². The minimum atomic E-state index is -2.51. The van der Waals surface area contributed by atoms with Gasteiger partial charge in [-0.25, -0.2) is 0 Å². The number of rotatable bonds is 1. The van der Waals surface area contributed by atoms with Crippen molar-refractivity contribution in [2.45, 2.75) is 13.8 Å². The third-order valence-electron chi connectivity index (χ3n) is 1.84. The van der Waals surface area contributed by atoms with Gasteiger partial charge in [0, 0.05) is 5.30 Å². The first-order valence-corrected chi connectivity index (χ1v) is 4.78. The lowest BCUT2D eigenvalue weighted by atomic mass is 10.1. The summed E-state index contributed by atoms with van der Waals surface area (Å²) in [4.78, 5) is 8.88. The minimum absolute atomic E-state index is 0.579. The Hall–Kier alpha value is -0.590. The molecule has 0 saturated heterocycles. The maximum absolute atomic E-state index is 10.8. The molecule has 0 aliphatic carbocycles. The predicted molar refractivity (Wildman–Crippen MR) is 46.8 cm³/mol. The van der Waals surface area contributed by atoms with Gasteiger partial charge in [-0.05, 0) is 31.0 Å². The van der Waals surface area contributed by atoms with E-state index in [0.29, 0.717) is 5.30 Å². The van der Waals surface area contributed by atoms with Crippen LogP contribution < -0.4 is 5.30 Å². The number of hydrogen-bond donors (Lipinski definition) is 1. The molecule has 1 atom stereocenters. The van der Waals surface area contributed by atoms with E-state index in [2.05, 4.69) is 0 Å². The summed E-state index contributed by atoms with van der Waals surface area (Å²) in [6.45, 7) is 3.80. The highest BCUT2D eigenvalue weighted by atomic mass is 31.1. The van der Waals surface area contributed by atoms with Crippen LogP contribution in [0.4, 0.5) is 0 Å². The van der Waals surface area contributed by atoms with Crippen LogP contribution in [0.2, 0.25) is 0 Å². The third kappa shape index (κ3) is 1.70. The smallest absolute Gasteiger partial charge is 0.218 e. The maximum atomic E-state index is 10.8. The average molecular weight is 170 g/mol. The zero-order valence-electron chi connectivity index (χ0n) is 6.59. The molecular formula is C8H11O2P. The van der Waals surface area contributed by atoms with Gasteiger partial charge < -0.3 is 4.89 Å². The lowest BCUT2D eigenvalue weighted by Crippen LogP contribution is -2.02. The zero-order chi connectivity index (χ0) is 8.43. The van der Waals surface area contributed by atoms with Crippen molar-refractivity contribution < 1.29 is 9.46 Å². The molecule has 0 fully saturated rings. The topological polar surface area (TPSA) is 37.3 Å². The van der Waals surface area contributed by atoms with E-state index in [1.165, 1.54) is 0 Å². The Bertz CT molecular complexity index is 294.